The number of hydrogen-bond donors (Lipinski definition) is 1. The van der Waals surface area contributed by atoms with Crippen molar-refractivity contribution >= 4 is 81.1 Å². The third-order valence-electron chi connectivity index (χ3n) is 5.79. The fourth-order valence-corrected chi connectivity index (χ4v) is 5.27. The number of nitrogens with zero attached hydrogens (tertiary/aromatic N) is 2. The number of anilines is 1. The Bertz CT molecular complexity index is 1640. The second kappa shape index (κ2) is 12.2. The number of carbonyl (C=O) groups excluding carboxylic acids is 1. The number of benzene rings is 4. The van der Waals surface area contributed by atoms with E-state index in [0.717, 1.165) is 5.56 Å². The highest BCUT2D eigenvalue weighted by Gasteiger charge is 2.34. The van der Waals surface area contributed by atoms with Gasteiger partial charge in [0.2, 0.25) is 0 Å². The van der Waals surface area contributed by atoms with Crippen LogP contribution in [0.15, 0.2) is 101 Å². The smallest absolute Gasteiger partial charge is 0.335 e. The molecule has 0 bridgehead atoms. The Morgan fingerprint density at radius 1 is 0.900 bits per heavy atom. The molecule has 0 radical (unpaired) electrons. The molecule has 0 aliphatic carbocycles. The molecule has 1 heterocycles. The van der Waals surface area contributed by atoms with E-state index < -0.39 is 5.97 Å². The summed E-state index contributed by atoms with van der Waals surface area (Å²) in [6, 6.07) is 25.7. The van der Waals surface area contributed by atoms with Crippen molar-refractivity contribution in [3.8, 4) is 5.75 Å². The highest BCUT2D eigenvalue weighted by Crippen LogP contribution is 2.38. The first-order valence-electron chi connectivity index (χ1n) is 11.9. The predicted octanol–water partition coefficient (Wildman–Crippen LogP) is 8.73. The maximum Gasteiger partial charge on any atom is 0.335 e. The molecule has 200 valence electrons. The van der Waals surface area contributed by atoms with E-state index in [2.05, 4.69) is 0 Å². The minimum atomic E-state index is -0.987. The van der Waals surface area contributed by atoms with Crippen molar-refractivity contribution in [3.63, 3.8) is 0 Å². The van der Waals surface area contributed by atoms with E-state index in [1.165, 1.54) is 28.8 Å². The van der Waals surface area contributed by atoms with Crippen LogP contribution in [-0.2, 0) is 11.4 Å². The van der Waals surface area contributed by atoms with Gasteiger partial charge in [-0.2, -0.15) is 0 Å². The zero-order valence-corrected chi connectivity index (χ0v) is 23.6. The van der Waals surface area contributed by atoms with Gasteiger partial charge in [-0.1, -0.05) is 53.0 Å². The van der Waals surface area contributed by atoms with E-state index in [9.17, 15) is 9.59 Å². The van der Waals surface area contributed by atoms with Crippen LogP contribution in [0.2, 0.25) is 15.1 Å². The summed E-state index contributed by atoms with van der Waals surface area (Å²) >= 11 is 19.8. The van der Waals surface area contributed by atoms with Crippen LogP contribution in [0.3, 0.4) is 0 Å². The van der Waals surface area contributed by atoms with Gasteiger partial charge in [-0.25, -0.2) is 9.79 Å². The van der Waals surface area contributed by atoms with Crippen molar-refractivity contribution in [2.75, 3.05) is 4.90 Å². The number of carboxylic acid groups (broad SMARTS) is 1. The molecule has 0 saturated carbocycles. The van der Waals surface area contributed by atoms with E-state index in [0.29, 0.717) is 47.8 Å². The molecule has 5 rings (SSSR count). The number of amides is 1. The van der Waals surface area contributed by atoms with Crippen molar-refractivity contribution in [2.45, 2.75) is 6.61 Å². The van der Waals surface area contributed by atoms with Gasteiger partial charge in [0.15, 0.2) is 5.17 Å². The van der Waals surface area contributed by atoms with Crippen molar-refractivity contribution in [2.24, 2.45) is 4.99 Å². The number of rotatable bonds is 7. The number of halogens is 3. The summed E-state index contributed by atoms with van der Waals surface area (Å²) in [5.74, 6) is -0.760. The molecule has 1 N–H and O–H groups in total. The molecule has 0 spiro atoms. The van der Waals surface area contributed by atoms with E-state index in [-0.39, 0.29) is 18.1 Å². The summed E-state index contributed by atoms with van der Waals surface area (Å²) in [7, 11) is 0. The Morgan fingerprint density at radius 3 is 2.17 bits per heavy atom. The van der Waals surface area contributed by atoms with Crippen LogP contribution < -0.4 is 9.64 Å². The molecule has 4 aromatic carbocycles. The monoisotopic (exact) mass is 608 g/mol. The number of aromatic carboxylic acids is 1. The first-order valence-corrected chi connectivity index (χ1v) is 13.8. The molecule has 0 aromatic heterocycles. The maximum absolute atomic E-state index is 13.5. The van der Waals surface area contributed by atoms with Crippen LogP contribution in [-0.4, -0.2) is 22.2 Å². The fourth-order valence-electron chi connectivity index (χ4n) is 3.77. The predicted molar refractivity (Wildman–Crippen MR) is 162 cm³/mol. The lowest BCUT2D eigenvalue weighted by atomic mass is 10.1. The largest absolute Gasteiger partial charge is 0.487 e. The second-order valence-corrected chi connectivity index (χ2v) is 10.9. The summed E-state index contributed by atoms with van der Waals surface area (Å²) in [6.07, 6.45) is 1.75. The average molecular weight is 610 g/mol. The Morgan fingerprint density at radius 2 is 1.55 bits per heavy atom. The second-order valence-electron chi connectivity index (χ2n) is 8.58. The van der Waals surface area contributed by atoms with Gasteiger partial charge < -0.3 is 9.84 Å². The van der Waals surface area contributed by atoms with Gasteiger partial charge in [-0.3, -0.25) is 9.69 Å². The van der Waals surface area contributed by atoms with Crippen molar-refractivity contribution in [1.82, 2.24) is 0 Å². The molecule has 40 heavy (non-hydrogen) atoms. The standard InChI is InChI=1S/C30H19Cl3N2O4S/c31-21-6-10-23(11-7-21)34-30-35(24-12-8-22(32)9-13-24)28(36)27(40-30)16-19-3-14-26(25(33)15-19)39-17-18-1-4-20(5-2-18)29(37)38/h1-16H,17H2,(H,37,38)/b27-16-,34-30?. The molecule has 4 aromatic rings. The SMILES string of the molecule is O=C(O)c1ccc(COc2ccc(/C=C3\SC(=Nc4ccc(Cl)cc4)N(c4ccc(Cl)cc4)C3=O)cc2Cl)cc1. The summed E-state index contributed by atoms with van der Waals surface area (Å²) in [5.41, 5.74) is 3.01. The number of thioether (sulfide) groups is 1. The lowest BCUT2D eigenvalue weighted by Gasteiger charge is -2.15. The molecule has 6 nitrogen and oxygen atoms in total. The third-order valence-corrected chi connectivity index (χ3v) is 7.56. The molecule has 10 heteroatoms. The Kier molecular flexibility index (Phi) is 8.47. The number of ether oxygens (including phenoxy) is 1. The van der Waals surface area contributed by atoms with Crippen molar-refractivity contribution in [3.05, 3.63) is 128 Å². The molecule has 1 aliphatic heterocycles. The van der Waals surface area contributed by atoms with Crippen LogP contribution in [0.25, 0.3) is 6.08 Å². The van der Waals surface area contributed by atoms with Crippen molar-refractivity contribution < 1.29 is 19.4 Å². The van der Waals surface area contributed by atoms with E-state index >= 15 is 0 Å². The van der Waals surface area contributed by atoms with Crippen LogP contribution >= 0.6 is 46.6 Å². The third kappa shape index (κ3) is 6.51. The molecule has 1 aliphatic rings. The quantitative estimate of drug-likeness (QED) is 0.212. The Balaban J connectivity index is 1.38. The molecular weight excluding hydrogens is 591 g/mol. The average Bonchev–Trinajstić information content (AvgIpc) is 3.24. The summed E-state index contributed by atoms with van der Waals surface area (Å²) in [5, 5.41) is 11.1. The Labute approximate surface area is 249 Å². The molecule has 0 atom stereocenters. The minimum Gasteiger partial charge on any atom is -0.487 e. The highest BCUT2D eigenvalue weighted by molar-refractivity contribution is 8.19. The van der Waals surface area contributed by atoms with Crippen LogP contribution in [0, 0.1) is 0 Å². The normalized spacial score (nSPS) is 15.2. The summed E-state index contributed by atoms with van der Waals surface area (Å²) in [4.78, 5) is 31.3. The molecule has 1 saturated heterocycles. The minimum absolute atomic E-state index is 0.203. The van der Waals surface area contributed by atoms with E-state index in [4.69, 9.17) is 49.6 Å². The van der Waals surface area contributed by atoms with E-state index in [1.807, 2.05) is 0 Å². The fraction of sp³-hybridized carbons (Fsp3) is 0.0333. The maximum atomic E-state index is 13.5. The van der Waals surface area contributed by atoms with E-state index in [1.54, 1.807) is 84.9 Å². The van der Waals surface area contributed by atoms with Gasteiger partial charge in [0.1, 0.15) is 12.4 Å². The number of amidine groups is 1. The number of aliphatic imine (C=N–C) groups is 1. The summed E-state index contributed by atoms with van der Waals surface area (Å²) < 4.78 is 5.83. The van der Waals surface area contributed by atoms with Gasteiger partial charge in [0, 0.05) is 10.0 Å². The van der Waals surface area contributed by atoms with Gasteiger partial charge in [0.25, 0.3) is 5.91 Å². The van der Waals surface area contributed by atoms with Gasteiger partial charge >= 0.3 is 5.97 Å². The van der Waals surface area contributed by atoms with Crippen molar-refractivity contribution in [1.29, 1.82) is 0 Å². The molecule has 1 fully saturated rings. The number of hydrogen-bond acceptors (Lipinski definition) is 5. The zero-order valence-electron chi connectivity index (χ0n) is 20.6. The van der Waals surface area contributed by atoms with Gasteiger partial charge in [-0.15, -0.1) is 0 Å². The first-order chi connectivity index (χ1) is 19.3. The Hall–Kier alpha value is -3.75. The van der Waals surface area contributed by atoms with Crippen LogP contribution in [0.5, 0.6) is 5.75 Å². The summed E-state index contributed by atoms with van der Waals surface area (Å²) in [6.45, 7) is 0.217. The molecule has 0 unspecified atom stereocenters. The molecule has 1 amide bonds. The van der Waals surface area contributed by atoms with Crippen LogP contribution in [0.4, 0.5) is 11.4 Å². The number of carbonyl (C=O) groups is 2. The van der Waals surface area contributed by atoms with Gasteiger partial charge in [0.05, 0.1) is 26.9 Å². The zero-order chi connectivity index (χ0) is 28.2. The topological polar surface area (TPSA) is 79.2 Å². The lowest BCUT2D eigenvalue weighted by Crippen LogP contribution is -2.28. The lowest BCUT2D eigenvalue weighted by molar-refractivity contribution is -0.113. The van der Waals surface area contributed by atoms with Crippen LogP contribution in [0.1, 0.15) is 21.5 Å². The highest BCUT2D eigenvalue weighted by atomic mass is 35.5. The number of carboxylic acids is 1. The first kappa shape index (κ1) is 27.8. The van der Waals surface area contributed by atoms with Gasteiger partial charge in [-0.05, 0) is 102 Å². The molecular formula is C30H19Cl3N2O4S.